The molecule has 0 aromatic carbocycles. The van der Waals surface area contributed by atoms with Gasteiger partial charge in [-0.3, -0.25) is 0 Å². The minimum atomic E-state index is 0.862. The maximum absolute atomic E-state index is 5.66. The van der Waals surface area contributed by atoms with E-state index >= 15 is 0 Å². The van der Waals surface area contributed by atoms with Gasteiger partial charge in [-0.25, -0.2) is 0 Å². The molecular formula is C36H76N2. The van der Waals surface area contributed by atoms with Crippen LogP contribution in [0.15, 0.2) is 12.8 Å². The highest BCUT2D eigenvalue weighted by Gasteiger charge is 2.08. The molecule has 0 radical (unpaired) electrons. The minimum Gasteiger partial charge on any atom is -0.391 e. The van der Waals surface area contributed by atoms with Crippen LogP contribution in [-0.2, 0) is 0 Å². The van der Waals surface area contributed by atoms with Crippen LogP contribution in [-0.4, -0.2) is 13.1 Å². The van der Waals surface area contributed by atoms with Crippen molar-refractivity contribution in [3.8, 4) is 0 Å². The van der Waals surface area contributed by atoms with Crippen molar-refractivity contribution in [3.05, 3.63) is 12.8 Å². The van der Waals surface area contributed by atoms with Gasteiger partial charge in [0.15, 0.2) is 0 Å². The fourth-order valence-corrected chi connectivity index (χ4v) is 5.58. The van der Waals surface area contributed by atoms with Crippen LogP contribution in [0.5, 0.6) is 0 Å². The zero-order chi connectivity index (χ0) is 28.4. The van der Waals surface area contributed by atoms with Crippen LogP contribution < -0.4 is 11.1 Å². The van der Waals surface area contributed by atoms with Gasteiger partial charge in [0, 0.05) is 6.54 Å². The Balaban J connectivity index is 0. The molecule has 2 heteroatoms. The maximum atomic E-state index is 5.66. The molecule has 0 aromatic heterocycles. The second kappa shape index (κ2) is 36.5. The molecule has 2 unspecified atom stereocenters. The van der Waals surface area contributed by atoms with Crippen LogP contribution in [0.3, 0.4) is 0 Å². The SMILES string of the molecule is C=CNCC(CCCCCC)CCCCCCCC.CCCCCCCCC(CCCN)CCCCCC. The lowest BCUT2D eigenvalue weighted by Crippen LogP contribution is -2.18. The van der Waals surface area contributed by atoms with Crippen LogP contribution in [0.4, 0.5) is 0 Å². The number of rotatable bonds is 30. The number of unbranched alkanes of at least 4 members (excludes halogenated alkanes) is 16. The Morgan fingerprint density at radius 2 is 0.789 bits per heavy atom. The molecule has 0 aromatic rings. The lowest BCUT2D eigenvalue weighted by atomic mass is 9.90. The van der Waals surface area contributed by atoms with Crippen molar-refractivity contribution in [2.45, 2.75) is 195 Å². The average Bonchev–Trinajstić information content (AvgIpc) is 2.93. The first-order valence-corrected chi connectivity index (χ1v) is 17.7. The lowest BCUT2D eigenvalue weighted by molar-refractivity contribution is 0.375. The molecule has 2 nitrogen and oxygen atoms in total. The first-order valence-electron chi connectivity index (χ1n) is 17.7. The summed E-state index contributed by atoms with van der Waals surface area (Å²) < 4.78 is 0. The van der Waals surface area contributed by atoms with E-state index in [1.54, 1.807) is 0 Å². The molecule has 0 fully saturated rings. The van der Waals surface area contributed by atoms with E-state index in [0.29, 0.717) is 0 Å². The van der Waals surface area contributed by atoms with Crippen molar-refractivity contribution in [3.63, 3.8) is 0 Å². The van der Waals surface area contributed by atoms with E-state index in [-0.39, 0.29) is 0 Å². The van der Waals surface area contributed by atoms with E-state index in [1.807, 2.05) is 6.20 Å². The number of nitrogens with two attached hydrogens (primary N) is 1. The Hall–Kier alpha value is -0.500. The van der Waals surface area contributed by atoms with Gasteiger partial charge in [-0.2, -0.15) is 0 Å². The third-order valence-corrected chi connectivity index (χ3v) is 8.23. The van der Waals surface area contributed by atoms with Gasteiger partial charge in [-0.1, -0.05) is 176 Å². The predicted octanol–water partition coefficient (Wildman–Crippen LogP) is 12.1. The fraction of sp³-hybridized carbons (Fsp3) is 0.944. The van der Waals surface area contributed by atoms with E-state index in [2.05, 4.69) is 39.6 Å². The van der Waals surface area contributed by atoms with Crippen LogP contribution >= 0.6 is 0 Å². The number of hydrogen-bond acceptors (Lipinski definition) is 2. The number of hydrogen-bond donors (Lipinski definition) is 2. The van der Waals surface area contributed by atoms with Crippen molar-refractivity contribution in [2.75, 3.05) is 13.1 Å². The molecule has 0 aliphatic heterocycles. The fourth-order valence-electron chi connectivity index (χ4n) is 5.58. The van der Waals surface area contributed by atoms with Crippen molar-refractivity contribution in [2.24, 2.45) is 17.6 Å². The molecule has 0 bridgehead atoms. The molecular weight excluding hydrogens is 460 g/mol. The van der Waals surface area contributed by atoms with E-state index < -0.39 is 0 Å². The van der Waals surface area contributed by atoms with E-state index in [1.165, 1.54) is 167 Å². The highest BCUT2D eigenvalue weighted by molar-refractivity contribution is 4.69. The summed E-state index contributed by atoms with van der Waals surface area (Å²) in [6.07, 6.45) is 38.4. The highest BCUT2D eigenvalue weighted by atomic mass is 14.8. The van der Waals surface area contributed by atoms with Crippen molar-refractivity contribution in [1.82, 2.24) is 5.32 Å². The molecule has 2 atom stereocenters. The van der Waals surface area contributed by atoms with Crippen LogP contribution in [0.25, 0.3) is 0 Å². The van der Waals surface area contributed by atoms with Gasteiger partial charge in [-0.05, 0) is 50.3 Å². The topological polar surface area (TPSA) is 38.0 Å². The number of nitrogens with one attached hydrogen (secondary N) is 1. The summed E-state index contributed by atoms with van der Waals surface area (Å²) in [4.78, 5) is 0. The third-order valence-electron chi connectivity index (χ3n) is 8.23. The second-order valence-electron chi connectivity index (χ2n) is 12.1. The smallest absolute Gasteiger partial charge is 0.0169 e. The van der Waals surface area contributed by atoms with Crippen molar-refractivity contribution < 1.29 is 0 Å². The van der Waals surface area contributed by atoms with Crippen molar-refractivity contribution >= 4 is 0 Å². The zero-order valence-corrected chi connectivity index (χ0v) is 27.3. The first kappa shape index (κ1) is 39.6. The van der Waals surface area contributed by atoms with Gasteiger partial charge >= 0.3 is 0 Å². The van der Waals surface area contributed by atoms with Gasteiger partial charge in [0.25, 0.3) is 0 Å². The Morgan fingerprint density at radius 1 is 0.474 bits per heavy atom. The summed E-state index contributed by atoms with van der Waals surface area (Å²) >= 11 is 0. The molecule has 3 N–H and O–H groups in total. The first-order chi connectivity index (χ1) is 18.7. The summed E-state index contributed by atoms with van der Waals surface area (Å²) in [5, 5.41) is 3.31. The molecule has 0 aliphatic rings. The molecule has 0 saturated heterocycles. The molecule has 230 valence electrons. The van der Waals surface area contributed by atoms with Crippen LogP contribution in [0.1, 0.15) is 195 Å². The van der Waals surface area contributed by atoms with Gasteiger partial charge in [-0.15, -0.1) is 0 Å². The predicted molar refractivity (Wildman–Crippen MR) is 177 cm³/mol. The summed E-state index contributed by atoms with van der Waals surface area (Å²) in [7, 11) is 0. The van der Waals surface area contributed by atoms with E-state index in [0.717, 1.165) is 24.9 Å². The minimum absolute atomic E-state index is 0.862. The Kier molecular flexibility index (Phi) is 38.1. The Bertz CT molecular complexity index is 408. The molecule has 0 spiro atoms. The summed E-state index contributed by atoms with van der Waals surface area (Å²) in [6.45, 7) is 14.9. The molecule has 0 saturated carbocycles. The summed E-state index contributed by atoms with van der Waals surface area (Å²) in [6, 6.07) is 0. The van der Waals surface area contributed by atoms with Crippen LogP contribution in [0.2, 0.25) is 0 Å². The summed E-state index contributed by atoms with van der Waals surface area (Å²) in [5.41, 5.74) is 5.66. The average molecular weight is 537 g/mol. The maximum Gasteiger partial charge on any atom is 0.0169 e. The zero-order valence-electron chi connectivity index (χ0n) is 27.3. The van der Waals surface area contributed by atoms with E-state index in [4.69, 9.17) is 5.73 Å². The van der Waals surface area contributed by atoms with Gasteiger partial charge in [0.1, 0.15) is 0 Å². The molecule has 0 aliphatic carbocycles. The Morgan fingerprint density at radius 3 is 1.16 bits per heavy atom. The van der Waals surface area contributed by atoms with Gasteiger partial charge in [0.05, 0.1) is 0 Å². The molecule has 0 rings (SSSR count). The van der Waals surface area contributed by atoms with Gasteiger partial charge in [0.2, 0.25) is 0 Å². The largest absolute Gasteiger partial charge is 0.391 e. The van der Waals surface area contributed by atoms with Crippen molar-refractivity contribution in [1.29, 1.82) is 0 Å². The van der Waals surface area contributed by atoms with Crippen LogP contribution in [0, 0.1) is 11.8 Å². The normalized spacial score (nSPS) is 12.6. The van der Waals surface area contributed by atoms with Gasteiger partial charge < -0.3 is 11.1 Å². The second-order valence-corrected chi connectivity index (χ2v) is 12.1. The molecule has 0 heterocycles. The lowest BCUT2D eigenvalue weighted by Gasteiger charge is -2.16. The standard InChI is InChI=1S/C18H37N.C18H39N/c1-4-7-9-11-12-14-16-18(17-19-6-3)15-13-10-8-5-2;1-3-5-7-9-10-12-15-18(16-13-17-19)14-11-8-6-4-2/h6,18-19H,3-5,7-17H2,1-2H3;18H,3-17,19H2,1-2H3. The van der Waals surface area contributed by atoms with E-state index in [9.17, 15) is 0 Å². The summed E-state index contributed by atoms with van der Waals surface area (Å²) in [5.74, 6) is 1.83. The Labute approximate surface area is 243 Å². The molecule has 38 heavy (non-hydrogen) atoms. The molecule has 0 amide bonds. The quantitative estimate of drug-likeness (QED) is 0.0895. The highest BCUT2D eigenvalue weighted by Crippen LogP contribution is 2.23. The monoisotopic (exact) mass is 537 g/mol. The third kappa shape index (κ3) is 33.5.